The number of piperidine rings is 1. The number of nitrogens with one attached hydrogen (secondary N) is 1. The maximum Gasteiger partial charge on any atom is 0.215 e. The van der Waals surface area contributed by atoms with Crippen molar-refractivity contribution < 1.29 is 9.64 Å². The first-order chi connectivity index (χ1) is 10.8. The summed E-state index contributed by atoms with van der Waals surface area (Å²) in [6.07, 6.45) is 2.60. The molecule has 0 saturated carbocycles. The number of quaternary nitrogens is 1. The second-order valence-corrected chi connectivity index (χ2v) is 7.04. The molecule has 0 amide bonds. The summed E-state index contributed by atoms with van der Waals surface area (Å²) in [7, 11) is 1.71. The first kappa shape index (κ1) is 15.6. The van der Waals surface area contributed by atoms with Gasteiger partial charge in [0.05, 0.1) is 31.1 Å². The van der Waals surface area contributed by atoms with Gasteiger partial charge < -0.3 is 9.64 Å². The van der Waals surface area contributed by atoms with Crippen LogP contribution in [0.5, 0.6) is 0 Å². The molecule has 0 spiro atoms. The van der Waals surface area contributed by atoms with Crippen LogP contribution in [0, 0.1) is 5.92 Å². The fourth-order valence-electron chi connectivity index (χ4n) is 3.31. The minimum Gasteiger partial charge on any atom is -0.383 e. The maximum absolute atomic E-state index is 5.18. The van der Waals surface area contributed by atoms with Gasteiger partial charge in [-0.2, -0.15) is 0 Å². The van der Waals surface area contributed by atoms with E-state index in [4.69, 9.17) is 4.74 Å². The van der Waals surface area contributed by atoms with E-state index < -0.39 is 0 Å². The number of hydrogen-bond donors (Lipinski definition) is 1. The molecule has 22 heavy (non-hydrogen) atoms. The minimum atomic E-state index is 0.231. The van der Waals surface area contributed by atoms with E-state index in [1.54, 1.807) is 23.3 Å². The van der Waals surface area contributed by atoms with Crippen molar-refractivity contribution in [3.05, 3.63) is 28.2 Å². The van der Waals surface area contributed by atoms with Gasteiger partial charge in [0.25, 0.3) is 0 Å². The molecule has 1 aliphatic heterocycles. The molecule has 0 aliphatic carbocycles. The Balaban J connectivity index is 1.90. The van der Waals surface area contributed by atoms with Gasteiger partial charge in [-0.25, -0.2) is 4.68 Å². The van der Waals surface area contributed by atoms with Crippen molar-refractivity contribution in [2.75, 3.05) is 26.8 Å². The monoisotopic (exact) mass is 322 g/mol. The van der Waals surface area contributed by atoms with Crippen LogP contribution in [0.4, 0.5) is 0 Å². The van der Waals surface area contributed by atoms with Crippen molar-refractivity contribution in [3.8, 4) is 0 Å². The Labute approximate surface area is 135 Å². The Morgan fingerprint density at radius 1 is 1.55 bits per heavy atom. The number of thiophene rings is 1. The van der Waals surface area contributed by atoms with E-state index in [0.717, 1.165) is 11.7 Å². The van der Waals surface area contributed by atoms with Crippen LogP contribution >= 0.6 is 11.3 Å². The van der Waals surface area contributed by atoms with Crippen LogP contribution in [-0.4, -0.2) is 47.0 Å². The predicted molar refractivity (Wildman–Crippen MR) is 84.9 cm³/mol. The molecule has 0 bridgehead atoms. The Kier molecular flexibility index (Phi) is 5.17. The van der Waals surface area contributed by atoms with Gasteiger partial charge in [-0.1, -0.05) is 13.0 Å². The number of ether oxygens (including phenoxy) is 1. The average Bonchev–Trinajstić information content (AvgIpc) is 3.18. The Bertz CT molecular complexity index is 570. The van der Waals surface area contributed by atoms with Gasteiger partial charge in [0.2, 0.25) is 5.82 Å². The van der Waals surface area contributed by atoms with Crippen LogP contribution in [0.2, 0.25) is 0 Å². The minimum absolute atomic E-state index is 0.231. The molecule has 3 heterocycles. The fourth-order valence-corrected chi connectivity index (χ4v) is 4.19. The van der Waals surface area contributed by atoms with E-state index in [-0.39, 0.29) is 6.04 Å². The van der Waals surface area contributed by atoms with Crippen molar-refractivity contribution >= 4 is 11.3 Å². The molecule has 2 aromatic heterocycles. The van der Waals surface area contributed by atoms with E-state index in [1.165, 1.54) is 30.8 Å². The van der Waals surface area contributed by atoms with E-state index in [2.05, 4.69) is 40.0 Å². The van der Waals surface area contributed by atoms with Crippen LogP contribution in [-0.2, 0) is 11.3 Å². The highest BCUT2D eigenvalue weighted by atomic mass is 32.1. The van der Waals surface area contributed by atoms with Gasteiger partial charge in [-0.15, -0.1) is 16.4 Å². The highest BCUT2D eigenvalue weighted by Gasteiger charge is 2.34. The second kappa shape index (κ2) is 7.30. The van der Waals surface area contributed by atoms with Gasteiger partial charge in [0.15, 0.2) is 6.04 Å². The molecular weight excluding hydrogens is 298 g/mol. The summed E-state index contributed by atoms with van der Waals surface area (Å²) >= 11 is 1.80. The van der Waals surface area contributed by atoms with Gasteiger partial charge in [-0.3, -0.25) is 0 Å². The summed E-state index contributed by atoms with van der Waals surface area (Å²) in [5, 5.41) is 14.6. The summed E-state index contributed by atoms with van der Waals surface area (Å²) in [5.74, 6) is 1.72. The molecule has 6 nitrogen and oxygen atoms in total. The summed E-state index contributed by atoms with van der Waals surface area (Å²) in [5.41, 5.74) is 0. The van der Waals surface area contributed by atoms with Gasteiger partial charge >= 0.3 is 0 Å². The lowest BCUT2D eigenvalue weighted by Gasteiger charge is -2.33. The molecule has 7 heteroatoms. The van der Waals surface area contributed by atoms with Gasteiger partial charge in [0, 0.05) is 13.0 Å². The third kappa shape index (κ3) is 3.37. The third-order valence-corrected chi connectivity index (χ3v) is 5.30. The number of hydrogen-bond acceptors (Lipinski definition) is 5. The Hall–Kier alpha value is -1.31. The quantitative estimate of drug-likeness (QED) is 0.854. The number of aromatic nitrogens is 4. The number of nitrogens with zero attached hydrogens (tertiary/aromatic N) is 4. The number of rotatable bonds is 6. The van der Waals surface area contributed by atoms with Crippen LogP contribution in [0.3, 0.4) is 0 Å². The van der Waals surface area contributed by atoms with E-state index in [1.807, 2.05) is 4.68 Å². The molecule has 2 aromatic rings. The lowest BCUT2D eigenvalue weighted by Crippen LogP contribution is -3.14. The highest BCUT2D eigenvalue weighted by molar-refractivity contribution is 7.10. The lowest BCUT2D eigenvalue weighted by molar-refractivity contribution is -0.934. The largest absolute Gasteiger partial charge is 0.383 e. The lowest BCUT2D eigenvalue weighted by atomic mass is 9.98. The van der Waals surface area contributed by atoms with Gasteiger partial charge in [0.1, 0.15) is 0 Å². The molecule has 120 valence electrons. The normalized spacial score (nSPS) is 23.5. The van der Waals surface area contributed by atoms with Crippen LogP contribution < -0.4 is 4.90 Å². The molecule has 1 fully saturated rings. The Morgan fingerprint density at radius 3 is 3.18 bits per heavy atom. The predicted octanol–water partition coefficient (Wildman–Crippen LogP) is 0.785. The molecule has 3 rings (SSSR count). The van der Waals surface area contributed by atoms with E-state index in [0.29, 0.717) is 13.2 Å². The zero-order valence-electron chi connectivity index (χ0n) is 13.2. The van der Waals surface area contributed by atoms with Crippen molar-refractivity contribution in [1.29, 1.82) is 0 Å². The SMILES string of the molecule is COCCn1nnnc1[C@@H](c1cccs1)[NH+]1CCC[C@H](C)C1. The first-order valence-corrected chi connectivity index (χ1v) is 8.80. The molecule has 3 atom stereocenters. The first-order valence-electron chi connectivity index (χ1n) is 7.92. The smallest absolute Gasteiger partial charge is 0.215 e. The standard InChI is InChI=1S/C15H23N5OS/c1-12-5-3-7-19(11-12)14(13-6-4-10-22-13)15-16-17-18-20(15)8-9-21-2/h4,6,10,12,14H,3,5,7-9,11H2,1-2H3/p+1/t12-,14+/m0/s1. The second-order valence-electron chi connectivity index (χ2n) is 6.06. The number of tetrazole rings is 1. The molecule has 1 N–H and O–H groups in total. The summed E-state index contributed by atoms with van der Waals surface area (Å²) in [4.78, 5) is 2.92. The van der Waals surface area contributed by atoms with Crippen LogP contribution in [0.25, 0.3) is 0 Å². The summed E-state index contributed by atoms with van der Waals surface area (Å²) in [6.45, 7) is 6.03. The topological polar surface area (TPSA) is 57.3 Å². The van der Waals surface area contributed by atoms with Crippen LogP contribution in [0.15, 0.2) is 17.5 Å². The molecule has 1 unspecified atom stereocenters. The Morgan fingerprint density at radius 2 is 2.45 bits per heavy atom. The van der Waals surface area contributed by atoms with E-state index in [9.17, 15) is 0 Å². The van der Waals surface area contributed by atoms with Crippen molar-refractivity contribution in [2.24, 2.45) is 5.92 Å². The van der Waals surface area contributed by atoms with Gasteiger partial charge in [-0.05, 0) is 34.7 Å². The third-order valence-electron chi connectivity index (χ3n) is 4.37. The zero-order valence-corrected chi connectivity index (χ0v) is 14.1. The molecule has 1 aliphatic rings. The fraction of sp³-hybridized carbons (Fsp3) is 0.667. The highest BCUT2D eigenvalue weighted by Crippen LogP contribution is 2.23. The number of likely N-dealkylation sites (tertiary alicyclic amines) is 1. The average molecular weight is 322 g/mol. The number of methoxy groups -OCH3 is 1. The summed E-state index contributed by atoms with van der Waals surface area (Å²) < 4.78 is 7.09. The molecule has 1 saturated heterocycles. The molecular formula is C15H24N5OS+. The van der Waals surface area contributed by atoms with Crippen molar-refractivity contribution in [3.63, 3.8) is 0 Å². The zero-order chi connectivity index (χ0) is 15.4. The maximum atomic E-state index is 5.18. The van der Waals surface area contributed by atoms with Crippen molar-refractivity contribution in [2.45, 2.75) is 32.4 Å². The molecule has 0 radical (unpaired) electrons. The van der Waals surface area contributed by atoms with Crippen LogP contribution in [0.1, 0.15) is 36.5 Å². The van der Waals surface area contributed by atoms with Crippen molar-refractivity contribution in [1.82, 2.24) is 20.2 Å². The van der Waals surface area contributed by atoms with E-state index >= 15 is 0 Å². The molecule has 0 aromatic carbocycles. The summed E-state index contributed by atoms with van der Waals surface area (Å²) in [6, 6.07) is 4.55.